The molecule has 0 saturated heterocycles. The predicted octanol–water partition coefficient (Wildman–Crippen LogP) is 8.65. The second-order valence-electron chi connectivity index (χ2n) is 9.36. The number of hydrogen-bond donors (Lipinski definition) is 0. The summed E-state index contributed by atoms with van der Waals surface area (Å²) in [6.07, 6.45) is 1.65. The molecule has 0 atom stereocenters. The molecule has 1 heterocycles. The first-order valence-electron chi connectivity index (χ1n) is 12.9. The second-order valence-corrected chi connectivity index (χ2v) is 10.2. The first kappa shape index (κ1) is 26.6. The third kappa shape index (κ3) is 6.12. The maximum atomic E-state index is 12.8. The van der Waals surface area contributed by atoms with Crippen molar-refractivity contribution in [3.8, 4) is 11.5 Å². The molecule has 1 aliphatic rings. The van der Waals surface area contributed by atoms with Gasteiger partial charge in [-0.05, 0) is 53.2 Å². The molecular weight excluding hydrogens is 557 g/mol. The van der Waals surface area contributed by atoms with Crippen LogP contribution in [0.5, 0.6) is 11.5 Å². The first-order valence-corrected chi connectivity index (χ1v) is 13.7. The number of benzene rings is 5. The molecule has 0 radical (unpaired) electrons. The Balaban J connectivity index is 1.30. The highest BCUT2D eigenvalue weighted by Crippen LogP contribution is 2.31. The number of nitrogens with zero attached hydrogens (tertiary/aromatic N) is 1. The van der Waals surface area contributed by atoms with Gasteiger partial charge in [-0.2, -0.15) is 0 Å². The van der Waals surface area contributed by atoms with Gasteiger partial charge in [-0.1, -0.05) is 89.9 Å². The van der Waals surface area contributed by atoms with Crippen LogP contribution < -0.4 is 9.47 Å². The molecule has 0 N–H and O–H groups in total. The number of carbonyl (C=O) groups is 1. The van der Waals surface area contributed by atoms with E-state index in [9.17, 15) is 4.79 Å². The summed E-state index contributed by atoms with van der Waals surface area (Å²) in [7, 11) is 0. The fourth-order valence-corrected chi connectivity index (χ4v) is 4.78. The highest BCUT2D eigenvalue weighted by atomic mass is 35.5. The van der Waals surface area contributed by atoms with Crippen LogP contribution in [-0.2, 0) is 22.7 Å². The van der Waals surface area contributed by atoms with Gasteiger partial charge in [-0.25, -0.2) is 9.79 Å². The maximum Gasteiger partial charge on any atom is 0.363 e. The number of carbonyl (C=O) groups excluding carboxylic acids is 1. The Morgan fingerprint density at radius 3 is 2.10 bits per heavy atom. The molecule has 5 aromatic carbocycles. The average molecular weight is 580 g/mol. The minimum Gasteiger partial charge on any atom is -0.489 e. The molecule has 0 spiro atoms. The normalized spacial score (nSPS) is 13.8. The number of cyclic esters (lactones) is 1. The number of rotatable bonds is 8. The van der Waals surface area contributed by atoms with Crippen molar-refractivity contribution >= 4 is 51.9 Å². The number of halogens is 2. The topological polar surface area (TPSA) is 57.1 Å². The van der Waals surface area contributed by atoms with Crippen LogP contribution in [0.15, 0.2) is 120 Å². The number of esters is 1. The fraction of sp³-hybridized carbons (Fsp3) is 0.0588. The zero-order valence-electron chi connectivity index (χ0n) is 21.7. The summed E-state index contributed by atoms with van der Waals surface area (Å²) in [5, 5.41) is 3.35. The van der Waals surface area contributed by atoms with Crippen LogP contribution in [0.1, 0.15) is 22.3 Å². The van der Waals surface area contributed by atoms with Crippen molar-refractivity contribution in [2.45, 2.75) is 13.2 Å². The van der Waals surface area contributed by atoms with E-state index in [0.29, 0.717) is 27.1 Å². The lowest BCUT2D eigenvalue weighted by Gasteiger charge is -2.14. The van der Waals surface area contributed by atoms with Crippen molar-refractivity contribution in [2.75, 3.05) is 0 Å². The van der Waals surface area contributed by atoms with Crippen molar-refractivity contribution in [3.63, 3.8) is 0 Å². The van der Waals surface area contributed by atoms with Crippen molar-refractivity contribution < 1.29 is 19.0 Å². The van der Waals surface area contributed by atoms with E-state index in [1.807, 2.05) is 97.1 Å². The second kappa shape index (κ2) is 11.9. The van der Waals surface area contributed by atoms with Gasteiger partial charge in [0.25, 0.3) is 0 Å². The Bertz CT molecular complexity index is 1830. The Morgan fingerprint density at radius 1 is 0.707 bits per heavy atom. The van der Waals surface area contributed by atoms with Gasteiger partial charge in [0.1, 0.15) is 24.7 Å². The molecule has 5 aromatic rings. The largest absolute Gasteiger partial charge is 0.489 e. The quantitative estimate of drug-likeness (QED) is 0.136. The van der Waals surface area contributed by atoms with Crippen LogP contribution >= 0.6 is 23.2 Å². The molecule has 41 heavy (non-hydrogen) atoms. The lowest BCUT2D eigenvalue weighted by molar-refractivity contribution is -0.129. The lowest BCUT2D eigenvalue weighted by atomic mass is 10.1. The average Bonchev–Trinajstić information content (AvgIpc) is 3.36. The highest BCUT2D eigenvalue weighted by molar-refractivity contribution is 6.31. The van der Waals surface area contributed by atoms with E-state index in [4.69, 9.17) is 37.4 Å². The van der Waals surface area contributed by atoms with Gasteiger partial charge < -0.3 is 14.2 Å². The predicted molar refractivity (Wildman–Crippen MR) is 163 cm³/mol. The Morgan fingerprint density at radius 2 is 1.37 bits per heavy atom. The van der Waals surface area contributed by atoms with E-state index >= 15 is 0 Å². The van der Waals surface area contributed by atoms with Crippen LogP contribution in [0.2, 0.25) is 10.0 Å². The van der Waals surface area contributed by atoms with Gasteiger partial charge in [0, 0.05) is 38.4 Å². The Labute approximate surface area is 247 Å². The van der Waals surface area contributed by atoms with E-state index in [1.54, 1.807) is 18.2 Å². The monoisotopic (exact) mass is 579 g/mol. The van der Waals surface area contributed by atoms with Crippen LogP contribution in [0.25, 0.3) is 16.8 Å². The fourth-order valence-electron chi connectivity index (χ4n) is 4.40. The molecule has 6 rings (SSSR count). The molecule has 0 bridgehead atoms. The summed E-state index contributed by atoms with van der Waals surface area (Å²) in [6.45, 7) is 0.510. The number of ether oxygens (including phenoxy) is 3. The smallest absolute Gasteiger partial charge is 0.363 e. The van der Waals surface area contributed by atoms with Crippen molar-refractivity contribution in [2.24, 2.45) is 4.99 Å². The summed E-state index contributed by atoms with van der Waals surface area (Å²) >= 11 is 12.6. The van der Waals surface area contributed by atoms with E-state index in [1.165, 1.54) is 0 Å². The Kier molecular flexibility index (Phi) is 7.72. The van der Waals surface area contributed by atoms with Crippen molar-refractivity contribution in [1.82, 2.24) is 0 Å². The lowest BCUT2D eigenvalue weighted by Crippen LogP contribution is -2.05. The molecule has 0 aromatic heterocycles. The molecule has 0 unspecified atom stereocenters. The van der Waals surface area contributed by atoms with Crippen LogP contribution in [-0.4, -0.2) is 11.9 Å². The summed E-state index contributed by atoms with van der Waals surface area (Å²) < 4.78 is 17.7. The minimum atomic E-state index is -0.538. The summed E-state index contributed by atoms with van der Waals surface area (Å²) in [6, 6.07) is 34.2. The van der Waals surface area contributed by atoms with Gasteiger partial charge in [-0.15, -0.1) is 0 Å². The zero-order valence-corrected chi connectivity index (χ0v) is 23.2. The maximum absolute atomic E-state index is 12.8. The van der Waals surface area contributed by atoms with Crippen LogP contribution in [0.3, 0.4) is 0 Å². The van der Waals surface area contributed by atoms with Gasteiger partial charge in [0.05, 0.1) is 0 Å². The standard InChI is InChI=1S/C34H23Cl2NO4/c35-29-11-5-3-9-26(29)20-39-28-16-15-24(32(19-28)40-21-27-10-4-6-12-30(27)36)18-31-34(38)41-33(37-31)25-14-13-22-7-1-2-8-23(22)17-25/h1-19H,20-21H2. The molecule has 5 nitrogen and oxygen atoms in total. The van der Waals surface area contributed by atoms with Gasteiger partial charge in [0.15, 0.2) is 5.70 Å². The first-order chi connectivity index (χ1) is 20.0. The van der Waals surface area contributed by atoms with E-state index < -0.39 is 5.97 Å². The molecule has 0 amide bonds. The highest BCUT2D eigenvalue weighted by Gasteiger charge is 2.25. The zero-order chi connectivity index (χ0) is 28.2. The van der Waals surface area contributed by atoms with E-state index in [-0.39, 0.29) is 24.8 Å². The van der Waals surface area contributed by atoms with Gasteiger partial charge >= 0.3 is 5.97 Å². The third-order valence-corrected chi connectivity index (χ3v) is 7.32. The summed E-state index contributed by atoms with van der Waals surface area (Å²) in [4.78, 5) is 17.3. The molecular formula is C34H23Cl2NO4. The van der Waals surface area contributed by atoms with Crippen LogP contribution in [0, 0.1) is 0 Å². The molecule has 0 aliphatic carbocycles. The molecule has 202 valence electrons. The van der Waals surface area contributed by atoms with Gasteiger partial charge in [0.2, 0.25) is 5.90 Å². The third-order valence-electron chi connectivity index (χ3n) is 6.59. The molecule has 0 fully saturated rings. The van der Waals surface area contributed by atoms with Crippen molar-refractivity contribution in [1.29, 1.82) is 0 Å². The minimum absolute atomic E-state index is 0.167. The summed E-state index contributed by atoms with van der Waals surface area (Å²) in [5.41, 5.74) is 3.22. The molecule has 7 heteroatoms. The van der Waals surface area contributed by atoms with E-state index in [2.05, 4.69) is 4.99 Å². The van der Waals surface area contributed by atoms with Crippen LogP contribution in [0.4, 0.5) is 0 Å². The summed E-state index contributed by atoms with van der Waals surface area (Å²) in [5.74, 6) is 0.793. The van der Waals surface area contributed by atoms with Gasteiger partial charge in [-0.3, -0.25) is 0 Å². The molecule has 1 aliphatic heterocycles. The number of fused-ring (bicyclic) bond motifs is 1. The Hall–Kier alpha value is -4.58. The number of aliphatic imine (C=N–C) groups is 1. The SMILES string of the molecule is O=C1OC(c2ccc3ccccc3c2)=NC1=Cc1ccc(OCc2ccccc2Cl)cc1OCc1ccccc1Cl. The number of hydrogen-bond acceptors (Lipinski definition) is 5. The van der Waals surface area contributed by atoms with Crippen molar-refractivity contribution in [3.05, 3.63) is 147 Å². The van der Waals surface area contributed by atoms with E-state index in [0.717, 1.165) is 27.5 Å². The molecule has 0 saturated carbocycles.